The van der Waals surface area contributed by atoms with Gasteiger partial charge in [-0.05, 0) is 63.2 Å². The minimum absolute atomic E-state index is 0.827. The van der Waals surface area contributed by atoms with Crippen LogP contribution in [0.15, 0.2) is 47.5 Å². The highest BCUT2D eigenvalue weighted by Crippen LogP contribution is 2.26. The smallest absolute Gasteiger partial charge is 0.128 e. The van der Waals surface area contributed by atoms with Gasteiger partial charge in [-0.25, -0.2) is 4.98 Å². The average molecular weight is 411 g/mol. The lowest BCUT2D eigenvalue weighted by molar-refractivity contribution is 0.402. The number of aryl methyl sites for hydroxylation is 2. The van der Waals surface area contributed by atoms with Crippen LogP contribution in [0.2, 0.25) is 0 Å². The highest BCUT2D eigenvalue weighted by atomic mass is 32.2. The highest BCUT2D eigenvalue weighted by molar-refractivity contribution is 8.00. The van der Waals surface area contributed by atoms with Gasteiger partial charge in [0.15, 0.2) is 0 Å². The van der Waals surface area contributed by atoms with Crippen LogP contribution in [-0.2, 0) is 20.1 Å². The first-order valence-electron chi connectivity index (χ1n) is 9.66. The van der Waals surface area contributed by atoms with Crippen LogP contribution in [-0.4, -0.2) is 40.8 Å². The van der Waals surface area contributed by atoms with Crippen molar-refractivity contribution in [2.75, 3.05) is 30.8 Å². The molecule has 0 amide bonds. The van der Waals surface area contributed by atoms with Crippen molar-refractivity contribution in [3.05, 3.63) is 65.1 Å². The fourth-order valence-electron chi connectivity index (χ4n) is 3.16. The van der Waals surface area contributed by atoms with Gasteiger partial charge in [0.25, 0.3) is 0 Å². The maximum atomic E-state index is 4.63. The van der Waals surface area contributed by atoms with Crippen molar-refractivity contribution in [2.24, 2.45) is 7.05 Å². The van der Waals surface area contributed by atoms with Crippen LogP contribution >= 0.6 is 11.9 Å². The lowest BCUT2D eigenvalue weighted by atomic mass is 10.1. The molecular formula is C22H30N6S. The lowest BCUT2D eigenvalue weighted by Gasteiger charge is -2.19. The van der Waals surface area contributed by atoms with E-state index in [0.29, 0.717) is 0 Å². The molecule has 0 radical (unpaired) electrons. The number of nitrogens with zero attached hydrogens (tertiary/aromatic N) is 5. The van der Waals surface area contributed by atoms with Gasteiger partial charge in [-0.15, -0.1) is 0 Å². The fraction of sp³-hybridized carbons (Fsp3) is 0.364. The first-order valence-corrected chi connectivity index (χ1v) is 10.5. The summed E-state index contributed by atoms with van der Waals surface area (Å²) in [7, 11) is 8.21. The topological polar surface area (TPSA) is 49.2 Å². The minimum Gasteiger partial charge on any atom is -0.355 e. The van der Waals surface area contributed by atoms with Gasteiger partial charge in [0, 0.05) is 38.3 Å². The van der Waals surface area contributed by atoms with Crippen molar-refractivity contribution < 1.29 is 0 Å². The Morgan fingerprint density at radius 2 is 1.62 bits per heavy atom. The van der Waals surface area contributed by atoms with E-state index in [2.05, 4.69) is 89.1 Å². The van der Waals surface area contributed by atoms with E-state index in [0.717, 1.165) is 40.9 Å². The number of hydrogen-bond acceptors (Lipinski definition) is 6. The zero-order valence-electron chi connectivity index (χ0n) is 18.1. The molecule has 2 aromatic heterocycles. The monoisotopic (exact) mass is 410 g/mol. The molecule has 1 aromatic carbocycles. The van der Waals surface area contributed by atoms with Gasteiger partial charge in [-0.1, -0.05) is 24.3 Å². The Kier molecular flexibility index (Phi) is 6.82. The average Bonchev–Trinajstić information content (AvgIpc) is 2.93. The predicted octanol–water partition coefficient (Wildman–Crippen LogP) is 4.25. The third kappa shape index (κ3) is 5.52. The molecule has 0 saturated heterocycles. The van der Waals surface area contributed by atoms with Gasteiger partial charge in [0.05, 0.1) is 17.1 Å². The molecule has 0 aliphatic carbocycles. The molecule has 6 nitrogen and oxygen atoms in total. The van der Waals surface area contributed by atoms with Crippen LogP contribution in [0.4, 0.5) is 11.5 Å². The van der Waals surface area contributed by atoms with Crippen molar-refractivity contribution >= 4 is 23.5 Å². The molecule has 0 fully saturated rings. The van der Waals surface area contributed by atoms with E-state index in [1.165, 1.54) is 11.1 Å². The number of anilines is 2. The number of nitrogens with one attached hydrogen (secondary N) is 1. The van der Waals surface area contributed by atoms with Gasteiger partial charge in [-0.2, -0.15) is 5.10 Å². The number of aromatic nitrogens is 3. The van der Waals surface area contributed by atoms with Crippen LogP contribution in [0.5, 0.6) is 0 Å². The summed E-state index contributed by atoms with van der Waals surface area (Å²) in [4.78, 5) is 10.0. The van der Waals surface area contributed by atoms with Gasteiger partial charge < -0.3 is 14.5 Å². The van der Waals surface area contributed by atoms with Gasteiger partial charge >= 0.3 is 0 Å². The van der Waals surface area contributed by atoms with Crippen LogP contribution in [0.25, 0.3) is 0 Å². The SMILES string of the molecule is Cc1nn(C)c(C)c1NSc1ccc(N(C)Cc2ccc(CN(C)C)cc2)nc1. The van der Waals surface area contributed by atoms with E-state index in [4.69, 9.17) is 0 Å². The number of hydrogen-bond donors (Lipinski definition) is 1. The standard InChI is InChI=1S/C22H30N6S/c1-16-22(17(2)28(6)24-16)25-29-20-11-12-21(23-13-20)27(5)15-19-9-7-18(8-10-19)14-26(3)4/h7-13,25H,14-15H2,1-6H3. The molecule has 7 heteroatoms. The molecule has 0 aliphatic rings. The van der Waals surface area contributed by atoms with E-state index in [-0.39, 0.29) is 0 Å². The summed E-state index contributed by atoms with van der Waals surface area (Å²) in [5.41, 5.74) is 5.79. The molecule has 0 saturated carbocycles. The third-order valence-electron chi connectivity index (χ3n) is 4.83. The zero-order chi connectivity index (χ0) is 21.0. The summed E-state index contributed by atoms with van der Waals surface area (Å²) in [6.45, 7) is 5.86. The van der Waals surface area contributed by atoms with Crippen molar-refractivity contribution in [2.45, 2.75) is 31.8 Å². The Morgan fingerprint density at radius 3 is 2.14 bits per heavy atom. The quantitative estimate of drug-likeness (QED) is 0.560. The van der Waals surface area contributed by atoms with E-state index < -0.39 is 0 Å². The second kappa shape index (κ2) is 9.33. The fourth-order valence-corrected chi connectivity index (χ4v) is 3.92. The van der Waals surface area contributed by atoms with Gasteiger partial charge in [0.1, 0.15) is 5.82 Å². The van der Waals surface area contributed by atoms with E-state index in [1.54, 1.807) is 11.9 Å². The molecule has 1 N–H and O–H groups in total. The molecular weight excluding hydrogens is 380 g/mol. The molecule has 154 valence electrons. The van der Waals surface area contributed by atoms with Gasteiger partial charge in [0.2, 0.25) is 0 Å². The van der Waals surface area contributed by atoms with E-state index in [1.807, 2.05) is 24.9 Å². The Labute approximate surface area is 178 Å². The van der Waals surface area contributed by atoms with Crippen molar-refractivity contribution in [3.63, 3.8) is 0 Å². The summed E-state index contributed by atoms with van der Waals surface area (Å²) in [5.74, 6) is 0.959. The Balaban J connectivity index is 1.57. The van der Waals surface area contributed by atoms with Crippen LogP contribution in [0, 0.1) is 13.8 Å². The second-order valence-corrected chi connectivity index (χ2v) is 8.52. The summed E-state index contributed by atoms with van der Waals surface area (Å²) < 4.78 is 5.29. The van der Waals surface area contributed by atoms with Crippen molar-refractivity contribution in [1.82, 2.24) is 19.7 Å². The second-order valence-electron chi connectivity index (χ2n) is 7.64. The number of benzene rings is 1. The lowest BCUT2D eigenvalue weighted by Crippen LogP contribution is -2.17. The molecule has 29 heavy (non-hydrogen) atoms. The van der Waals surface area contributed by atoms with Crippen LogP contribution in [0.1, 0.15) is 22.5 Å². The molecule has 0 unspecified atom stereocenters. The van der Waals surface area contributed by atoms with Crippen LogP contribution < -0.4 is 9.62 Å². The summed E-state index contributed by atoms with van der Waals surface area (Å²) in [6.07, 6.45) is 1.91. The molecule has 0 atom stereocenters. The highest BCUT2D eigenvalue weighted by Gasteiger charge is 2.10. The Hall–Kier alpha value is -2.51. The third-order valence-corrected chi connectivity index (χ3v) is 5.62. The minimum atomic E-state index is 0.827. The van der Waals surface area contributed by atoms with Gasteiger partial charge in [-0.3, -0.25) is 4.68 Å². The number of rotatable bonds is 8. The maximum absolute atomic E-state index is 4.63. The Morgan fingerprint density at radius 1 is 0.966 bits per heavy atom. The summed E-state index contributed by atoms with van der Waals surface area (Å²) in [6, 6.07) is 12.9. The molecule has 0 bridgehead atoms. The molecule has 3 rings (SSSR count). The van der Waals surface area contributed by atoms with Crippen molar-refractivity contribution in [1.29, 1.82) is 0 Å². The van der Waals surface area contributed by atoms with Crippen LogP contribution in [0.3, 0.4) is 0 Å². The van der Waals surface area contributed by atoms with E-state index in [9.17, 15) is 0 Å². The number of pyridine rings is 1. The first kappa shape index (κ1) is 21.2. The van der Waals surface area contributed by atoms with E-state index >= 15 is 0 Å². The molecule has 3 aromatic rings. The summed E-state index contributed by atoms with van der Waals surface area (Å²) >= 11 is 1.56. The Bertz CT molecular complexity index is 931. The molecule has 0 aliphatic heterocycles. The first-order chi connectivity index (χ1) is 13.8. The normalized spacial score (nSPS) is 11.1. The van der Waals surface area contributed by atoms with Crippen molar-refractivity contribution in [3.8, 4) is 0 Å². The largest absolute Gasteiger partial charge is 0.355 e. The predicted molar refractivity (Wildman–Crippen MR) is 122 cm³/mol. The zero-order valence-corrected chi connectivity index (χ0v) is 18.9. The maximum Gasteiger partial charge on any atom is 0.128 e. The molecule has 2 heterocycles. The summed E-state index contributed by atoms with van der Waals surface area (Å²) in [5, 5.41) is 4.44. The molecule has 0 spiro atoms.